The zero-order valence-electron chi connectivity index (χ0n) is 18.2. The van der Waals surface area contributed by atoms with Crippen molar-refractivity contribution in [3.05, 3.63) is 105 Å². The predicted octanol–water partition coefficient (Wildman–Crippen LogP) is 5.97. The number of nitrogens with one attached hydrogen (secondary N) is 1. The van der Waals surface area contributed by atoms with Crippen LogP contribution in [0.4, 0.5) is 0 Å². The van der Waals surface area contributed by atoms with Gasteiger partial charge in [0.05, 0.1) is 6.42 Å². The molecule has 7 heteroatoms. The average Bonchev–Trinajstić information content (AvgIpc) is 2.80. The van der Waals surface area contributed by atoms with Crippen LogP contribution in [-0.2, 0) is 29.0 Å². The van der Waals surface area contributed by atoms with Gasteiger partial charge < -0.3 is 10.2 Å². The fourth-order valence-electron chi connectivity index (χ4n) is 3.59. The quantitative estimate of drug-likeness (QED) is 0.391. The molecule has 0 aliphatic rings. The molecule has 0 spiro atoms. The van der Waals surface area contributed by atoms with E-state index < -0.39 is 6.04 Å². The van der Waals surface area contributed by atoms with E-state index in [1.165, 1.54) is 0 Å². The summed E-state index contributed by atoms with van der Waals surface area (Å²) in [5.74, 6) is -0.449. The minimum Gasteiger partial charge on any atom is -0.355 e. The first kappa shape index (κ1) is 25.1. The molecule has 33 heavy (non-hydrogen) atoms. The summed E-state index contributed by atoms with van der Waals surface area (Å²) in [6, 6.07) is 21.3. The third-order valence-corrected chi connectivity index (χ3v) is 6.23. The molecule has 3 rings (SSSR count). The monoisotopic (exact) mass is 502 g/mol. The molecule has 2 amide bonds. The normalized spacial score (nSPS) is 11.6. The number of hydrogen-bond donors (Lipinski definition) is 1. The van der Waals surface area contributed by atoms with E-state index in [-0.39, 0.29) is 24.8 Å². The average molecular weight is 504 g/mol. The fraction of sp³-hybridized carbons (Fsp3) is 0.231. The van der Waals surface area contributed by atoms with Gasteiger partial charge in [0.2, 0.25) is 11.8 Å². The molecule has 1 N–H and O–H groups in total. The predicted molar refractivity (Wildman–Crippen MR) is 135 cm³/mol. The molecule has 3 aromatic rings. The summed E-state index contributed by atoms with van der Waals surface area (Å²) >= 11 is 18.7. The van der Waals surface area contributed by atoms with E-state index in [4.69, 9.17) is 34.8 Å². The Morgan fingerprint density at radius 2 is 1.58 bits per heavy atom. The Balaban J connectivity index is 1.98. The van der Waals surface area contributed by atoms with E-state index >= 15 is 0 Å². The summed E-state index contributed by atoms with van der Waals surface area (Å²) in [6.07, 6.45) is 0.405. The maximum Gasteiger partial charge on any atom is 0.243 e. The van der Waals surface area contributed by atoms with Crippen LogP contribution in [0.15, 0.2) is 72.8 Å². The Labute approximate surface area is 209 Å². The van der Waals surface area contributed by atoms with Crippen LogP contribution in [0.3, 0.4) is 0 Å². The molecule has 172 valence electrons. The van der Waals surface area contributed by atoms with Crippen molar-refractivity contribution in [3.63, 3.8) is 0 Å². The highest BCUT2D eigenvalue weighted by atomic mass is 35.5. The Hall–Kier alpha value is -2.53. The van der Waals surface area contributed by atoms with Crippen LogP contribution in [0.2, 0.25) is 15.1 Å². The standard InChI is InChI=1S/C26H25Cl3N2O2/c1-2-30-26(33)24(14-18-8-4-3-5-9-18)31(17-20-10-6-7-11-22(20)28)25(32)15-19-12-13-21(27)16-23(19)29/h3-13,16,24H,2,14-15,17H2,1H3,(H,30,33). The van der Waals surface area contributed by atoms with Crippen LogP contribution >= 0.6 is 34.8 Å². The zero-order chi connectivity index (χ0) is 23.8. The van der Waals surface area contributed by atoms with E-state index in [0.29, 0.717) is 33.6 Å². The second-order valence-corrected chi connectivity index (χ2v) is 8.88. The Morgan fingerprint density at radius 3 is 2.24 bits per heavy atom. The molecule has 0 bridgehead atoms. The van der Waals surface area contributed by atoms with Crippen molar-refractivity contribution in [2.24, 2.45) is 0 Å². The van der Waals surface area contributed by atoms with Gasteiger partial charge in [-0.05, 0) is 41.8 Å². The van der Waals surface area contributed by atoms with Gasteiger partial charge in [0.15, 0.2) is 0 Å². The van der Waals surface area contributed by atoms with E-state index in [1.807, 2.05) is 55.5 Å². The zero-order valence-corrected chi connectivity index (χ0v) is 20.5. The number of rotatable bonds is 9. The second kappa shape index (κ2) is 12.1. The van der Waals surface area contributed by atoms with Gasteiger partial charge in [-0.3, -0.25) is 9.59 Å². The lowest BCUT2D eigenvalue weighted by molar-refractivity contribution is -0.140. The van der Waals surface area contributed by atoms with Gasteiger partial charge in [-0.1, -0.05) is 89.4 Å². The lowest BCUT2D eigenvalue weighted by atomic mass is 10.0. The molecule has 0 fully saturated rings. The number of hydrogen-bond acceptors (Lipinski definition) is 2. The van der Waals surface area contributed by atoms with Gasteiger partial charge in [0.25, 0.3) is 0 Å². The maximum atomic E-state index is 13.6. The van der Waals surface area contributed by atoms with Gasteiger partial charge in [0, 0.05) is 34.6 Å². The molecule has 0 heterocycles. The molecular weight excluding hydrogens is 479 g/mol. The molecule has 1 atom stereocenters. The second-order valence-electron chi connectivity index (χ2n) is 7.63. The third kappa shape index (κ3) is 6.97. The minimum atomic E-state index is -0.720. The van der Waals surface area contributed by atoms with Crippen LogP contribution < -0.4 is 5.32 Å². The van der Waals surface area contributed by atoms with E-state index in [0.717, 1.165) is 11.1 Å². The highest BCUT2D eigenvalue weighted by Gasteiger charge is 2.30. The highest BCUT2D eigenvalue weighted by molar-refractivity contribution is 6.35. The van der Waals surface area contributed by atoms with Crippen molar-refractivity contribution in [2.45, 2.75) is 32.4 Å². The SMILES string of the molecule is CCNC(=O)C(Cc1ccccc1)N(Cc1ccccc1Cl)C(=O)Cc1ccc(Cl)cc1Cl. The topological polar surface area (TPSA) is 49.4 Å². The van der Waals surface area contributed by atoms with Crippen LogP contribution in [-0.4, -0.2) is 29.3 Å². The Morgan fingerprint density at radius 1 is 0.879 bits per heavy atom. The molecular formula is C26H25Cl3N2O2. The Bertz CT molecular complexity index is 1110. The molecule has 1 unspecified atom stereocenters. The molecule has 0 aromatic heterocycles. The van der Waals surface area contributed by atoms with Crippen molar-refractivity contribution >= 4 is 46.6 Å². The summed E-state index contributed by atoms with van der Waals surface area (Å²) < 4.78 is 0. The first-order valence-corrected chi connectivity index (χ1v) is 11.8. The van der Waals surface area contributed by atoms with Crippen LogP contribution in [0, 0.1) is 0 Å². The smallest absolute Gasteiger partial charge is 0.243 e. The van der Waals surface area contributed by atoms with Gasteiger partial charge >= 0.3 is 0 Å². The molecule has 3 aromatic carbocycles. The first-order valence-electron chi connectivity index (χ1n) is 10.7. The van der Waals surface area contributed by atoms with Crippen molar-refractivity contribution < 1.29 is 9.59 Å². The summed E-state index contributed by atoms with van der Waals surface area (Å²) in [6.45, 7) is 2.50. The van der Waals surface area contributed by atoms with E-state index in [1.54, 1.807) is 29.2 Å². The third-order valence-electron chi connectivity index (χ3n) is 5.28. The number of carbonyl (C=O) groups excluding carboxylic acids is 2. The lowest BCUT2D eigenvalue weighted by Gasteiger charge is -2.32. The van der Waals surface area contributed by atoms with Crippen LogP contribution in [0.5, 0.6) is 0 Å². The minimum absolute atomic E-state index is 0.0329. The molecule has 0 saturated carbocycles. The number of benzene rings is 3. The van der Waals surface area contributed by atoms with Crippen LogP contribution in [0.1, 0.15) is 23.6 Å². The highest BCUT2D eigenvalue weighted by Crippen LogP contribution is 2.24. The van der Waals surface area contributed by atoms with E-state index in [2.05, 4.69) is 5.32 Å². The van der Waals surface area contributed by atoms with Crippen molar-refractivity contribution in [1.29, 1.82) is 0 Å². The van der Waals surface area contributed by atoms with Crippen molar-refractivity contribution in [2.75, 3.05) is 6.54 Å². The Kier molecular flexibility index (Phi) is 9.19. The molecule has 0 radical (unpaired) electrons. The van der Waals surface area contributed by atoms with Gasteiger partial charge in [0.1, 0.15) is 6.04 Å². The number of nitrogens with zero attached hydrogens (tertiary/aromatic N) is 1. The van der Waals surface area contributed by atoms with Gasteiger partial charge in [-0.25, -0.2) is 0 Å². The molecule has 0 saturated heterocycles. The first-order chi connectivity index (χ1) is 15.9. The summed E-state index contributed by atoms with van der Waals surface area (Å²) in [4.78, 5) is 28.4. The maximum absolute atomic E-state index is 13.6. The van der Waals surface area contributed by atoms with Gasteiger partial charge in [-0.15, -0.1) is 0 Å². The van der Waals surface area contributed by atoms with Crippen LogP contribution in [0.25, 0.3) is 0 Å². The number of halogens is 3. The summed E-state index contributed by atoms with van der Waals surface area (Å²) in [5.41, 5.74) is 2.36. The number of likely N-dealkylation sites (N-methyl/N-ethyl adjacent to an activating group) is 1. The van der Waals surface area contributed by atoms with E-state index in [9.17, 15) is 9.59 Å². The molecule has 0 aliphatic heterocycles. The molecule has 4 nitrogen and oxygen atoms in total. The van der Waals surface area contributed by atoms with Crippen molar-refractivity contribution in [1.82, 2.24) is 10.2 Å². The fourth-order valence-corrected chi connectivity index (χ4v) is 4.26. The summed E-state index contributed by atoms with van der Waals surface area (Å²) in [5, 5.41) is 4.31. The van der Waals surface area contributed by atoms with Crippen molar-refractivity contribution in [3.8, 4) is 0 Å². The largest absolute Gasteiger partial charge is 0.355 e. The summed E-state index contributed by atoms with van der Waals surface area (Å²) in [7, 11) is 0. The number of carbonyl (C=O) groups is 2. The lowest BCUT2D eigenvalue weighted by Crippen LogP contribution is -2.51. The molecule has 0 aliphatic carbocycles. The van der Waals surface area contributed by atoms with Gasteiger partial charge in [-0.2, -0.15) is 0 Å². The number of amides is 2.